The van der Waals surface area contributed by atoms with Gasteiger partial charge in [0.25, 0.3) is 0 Å². The molecule has 0 aliphatic rings. The lowest BCUT2D eigenvalue weighted by molar-refractivity contribution is 0.413. The van der Waals surface area contributed by atoms with Crippen molar-refractivity contribution in [3.63, 3.8) is 0 Å². The molecule has 1 aromatic heterocycles. The normalized spacial score (nSPS) is 12.6. The molecule has 1 unspecified atom stereocenters. The molecule has 1 aromatic carbocycles. The fraction of sp³-hybridized carbons (Fsp3) is 0.400. The molecule has 2 rings (SSSR count). The molecule has 1 atom stereocenters. The van der Waals surface area contributed by atoms with Gasteiger partial charge in [0.1, 0.15) is 5.76 Å². The Hall–Kier alpha value is -1.32. The molecule has 1 N–H and O–H groups in total. The van der Waals surface area contributed by atoms with Gasteiger partial charge in [-0.25, -0.2) is 4.98 Å². The number of rotatable bonds is 6. The first-order chi connectivity index (χ1) is 9.22. The van der Waals surface area contributed by atoms with Gasteiger partial charge in [0, 0.05) is 17.5 Å². The van der Waals surface area contributed by atoms with Gasteiger partial charge >= 0.3 is 0 Å². The van der Waals surface area contributed by atoms with Crippen LogP contribution in [0.15, 0.2) is 34.9 Å². The number of nitrogens with zero attached hydrogens (tertiary/aromatic N) is 1. The van der Waals surface area contributed by atoms with Crippen LogP contribution < -0.4 is 5.32 Å². The van der Waals surface area contributed by atoms with E-state index in [0.29, 0.717) is 6.54 Å². The summed E-state index contributed by atoms with van der Waals surface area (Å²) in [5.41, 5.74) is 1.23. The van der Waals surface area contributed by atoms with Crippen LogP contribution in [0.5, 0.6) is 0 Å². The van der Waals surface area contributed by atoms with Gasteiger partial charge in [-0.15, -0.1) is 0 Å². The molecule has 1 heterocycles. The summed E-state index contributed by atoms with van der Waals surface area (Å²) in [6.07, 6.45) is 3.67. The summed E-state index contributed by atoms with van der Waals surface area (Å²) in [7, 11) is 0. The largest absolute Gasteiger partial charge is 0.444 e. The summed E-state index contributed by atoms with van der Waals surface area (Å²) in [6, 6.07) is 8.23. The van der Waals surface area contributed by atoms with Crippen molar-refractivity contribution in [1.29, 1.82) is 0 Å². The summed E-state index contributed by atoms with van der Waals surface area (Å²) < 4.78 is 5.59. The zero-order chi connectivity index (χ0) is 13.7. The highest BCUT2D eigenvalue weighted by atomic mass is 35.5. The van der Waals surface area contributed by atoms with Crippen molar-refractivity contribution in [3.8, 4) is 0 Å². The summed E-state index contributed by atoms with van der Waals surface area (Å²) in [5, 5.41) is 4.22. The minimum absolute atomic E-state index is 0.286. The lowest BCUT2D eigenvalue weighted by atomic mass is 10.0. The summed E-state index contributed by atoms with van der Waals surface area (Å²) in [5.74, 6) is 1.67. The van der Waals surface area contributed by atoms with Crippen LogP contribution in [0.4, 0.5) is 0 Å². The highest BCUT2D eigenvalue weighted by Crippen LogP contribution is 2.19. The predicted octanol–water partition coefficient (Wildman–Crippen LogP) is 4.13. The van der Waals surface area contributed by atoms with Crippen molar-refractivity contribution in [3.05, 3.63) is 52.7 Å². The number of aromatic nitrogens is 1. The molecule has 0 spiro atoms. The lowest BCUT2D eigenvalue weighted by Crippen LogP contribution is -2.20. The van der Waals surface area contributed by atoms with E-state index in [1.807, 2.05) is 12.1 Å². The summed E-state index contributed by atoms with van der Waals surface area (Å²) in [6.45, 7) is 4.85. The third-order valence-corrected chi connectivity index (χ3v) is 3.38. The quantitative estimate of drug-likeness (QED) is 0.863. The zero-order valence-electron chi connectivity index (χ0n) is 11.3. The molecule has 0 aliphatic heterocycles. The molecule has 0 radical (unpaired) electrons. The lowest BCUT2D eigenvalue weighted by Gasteiger charge is -2.16. The van der Waals surface area contributed by atoms with Crippen molar-refractivity contribution < 1.29 is 4.42 Å². The Morgan fingerprint density at radius 3 is 2.58 bits per heavy atom. The molecule has 3 nitrogen and oxygen atoms in total. The second kappa shape index (κ2) is 6.73. The smallest absolute Gasteiger partial charge is 0.208 e. The van der Waals surface area contributed by atoms with Gasteiger partial charge in [0.05, 0.1) is 12.7 Å². The number of oxazole rings is 1. The number of hydrogen-bond donors (Lipinski definition) is 1. The number of halogens is 1. The standard InChI is InChI=1S/C15H19ClN2O/c1-3-13-9-18-15(19-13)10-17-14(4-2)11-5-7-12(16)8-6-11/h5-9,14,17H,3-4,10H2,1-2H3. The van der Waals surface area contributed by atoms with E-state index in [1.54, 1.807) is 6.20 Å². The van der Waals surface area contributed by atoms with Crippen LogP contribution in [0.1, 0.15) is 43.5 Å². The fourth-order valence-corrected chi connectivity index (χ4v) is 2.12. The van der Waals surface area contributed by atoms with Gasteiger partial charge in [-0.1, -0.05) is 37.6 Å². The maximum absolute atomic E-state index is 5.91. The van der Waals surface area contributed by atoms with Crippen molar-refractivity contribution >= 4 is 11.6 Å². The van der Waals surface area contributed by atoms with Gasteiger partial charge in [-0.3, -0.25) is 0 Å². The van der Waals surface area contributed by atoms with E-state index in [1.165, 1.54) is 5.56 Å². The van der Waals surface area contributed by atoms with Gasteiger partial charge in [-0.05, 0) is 24.1 Å². The third-order valence-electron chi connectivity index (χ3n) is 3.13. The molecule has 4 heteroatoms. The average Bonchev–Trinajstić information content (AvgIpc) is 2.89. The predicted molar refractivity (Wildman–Crippen MR) is 77.2 cm³/mol. The van der Waals surface area contributed by atoms with E-state index in [9.17, 15) is 0 Å². The first kappa shape index (κ1) is 14.1. The number of nitrogens with one attached hydrogen (secondary N) is 1. The van der Waals surface area contributed by atoms with E-state index < -0.39 is 0 Å². The maximum Gasteiger partial charge on any atom is 0.208 e. The molecule has 0 saturated carbocycles. The molecule has 0 aliphatic carbocycles. The van der Waals surface area contributed by atoms with Crippen molar-refractivity contribution in [2.45, 2.75) is 39.3 Å². The Balaban J connectivity index is 1.97. The van der Waals surface area contributed by atoms with E-state index >= 15 is 0 Å². The first-order valence-electron chi connectivity index (χ1n) is 6.65. The summed E-state index contributed by atoms with van der Waals surface area (Å²) >= 11 is 5.91. The third kappa shape index (κ3) is 3.82. The molecule has 0 fully saturated rings. The molecule has 0 amide bonds. The molecule has 2 aromatic rings. The van der Waals surface area contributed by atoms with E-state index in [2.05, 4.69) is 36.3 Å². The summed E-state index contributed by atoms with van der Waals surface area (Å²) in [4.78, 5) is 4.25. The molecule has 0 saturated heterocycles. The number of hydrogen-bond acceptors (Lipinski definition) is 3. The molecular formula is C15H19ClN2O. The van der Waals surface area contributed by atoms with Crippen molar-refractivity contribution in [2.24, 2.45) is 0 Å². The van der Waals surface area contributed by atoms with Gasteiger partial charge in [-0.2, -0.15) is 0 Å². The SMILES string of the molecule is CCc1cnc(CNC(CC)c2ccc(Cl)cc2)o1. The number of benzene rings is 1. The molecule has 0 bridgehead atoms. The minimum atomic E-state index is 0.286. The Morgan fingerprint density at radius 1 is 1.26 bits per heavy atom. The van der Waals surface area contributed by atoms with Crippen LogP contribution in [0.3, 0.4) is 0 Å². The van der Waals surface area contributed by atoms with Crippen molar-refractivity contribution in [1.82, 2.24) is 10.3 Å². The van der Waals surface area contributed by atoms with Crippen LogP contribution in [0.2, 0.25) is 5.02 Å². The molecule has 102 valence electrons. The van der Waals surface area contributed by atoms with E-state index in [0.717, 1.165) is 29.5 Å². The average molecular weight is 279 g/mol. The van der Waals surface area contributed by atoms with Crippen LogP contribution in [-0.2, 0) is 13.0 Å². The Bertz CT molecular complexity index is 507. The first-order valence-corrected chi connectivity index (χ1v) is 7.03. The Morgan fingerprint density at radius 2 is 2.00 bits per heavy atom. The Kier molecular flexibility index (Phi) is 5.00. The molecular weight excluding hydrogens is 260 g/mol. The highest BCUT2D eigenvalue weighted by molar-refractivity contribution is 6.30. The molecule has 19 heavy (non-hydrogen) atoms. The minimum Gasteiger partial charge on any atom is -0.444 e. The van der Waals surface area contributed by atoms with Gasteiger partial charge in [0.2, 0.25) is 5.89 Å². The van der Waals surface area contributed by atoms with Crippen LogP contribution >= 0.6 is 11.6 Å². The maximum atomic E-state index is 5.91. The van der Waals surface area contributed by atoms with Gasteiger partial charge in [0.15, 0.2) is 0 Å². The Labute approximate surface area is 119 Å². The van der Waals surface area contributed by atoms with Crippen LogP contribution in [0.25, 0.3) is 0 Å². The van der Waals surface area contributed by atoms with E-state index in [-0.39, 0.29) is 6.04 Å². The van der Waals surface area contributed by atoms with Crippen molar-refractivity contribution in [2.75, 3.05) is 0 Å². The highest BCUT2D eigenvalue weighted by Gasteiger charge is 2.10. The van der Waals surface area contributed by atoms with Gasteiger partial charge < -0.3 is 9.73 Å². The monoisotopic (exact) mass is 278 g/mol. The number of aryl methyl sites for hydroxylation is 1. The van der Waals surface area contributed by atoms with Crippen LogP contribution in [0, 0.1) is 0 Å². The zero-order valence-corrected chi connectivity index (χ0v) is 12.1. The van der Waals surface area contributed by atoms with E-state index in [4.69, 9.17) is 16.0 Å². The topological polar surface area (TPSA) is 38.1 Å². The second-order valence-electron chi connectivity index (χ2n) is 4.47. The van der Waals surface area contributed by atoms with Crippen LogP contribution in [-0.4, -0.2) is 4.98 Å². The second-order valence-corrected chi connectivity index (χ2v) is 4.90. The fourth-order valence-electron chi connectivity index (χ4n) is 2.00.